The summed E-state index contributed by atoms with van der Waals surface area (Å²) in [7, 11) is 4.05. The molecule has 1 saturated heterocycles. The summed E-state index contributed by atoms with van der Waals surface area (Å²) < 4.78 is 11.3. The maximum atomic E-state index is 11.8. The first-order valence-corrected chi connectivity index (χ1v) is 8.15. The van der Waals surface area contributed by atoms with Crippen LogP contribution < -0.4 is 5.32 Å². The van der Waals surface area contributed by atoms with E-state index < -0.39 is 0 Å². The van der Waals surface area contributed by atoms with E-state index in [9.17, 15) is 4.79 Å². The van der Waals surface area contributed by atoms with Crippen LogP contribution in [0, 0.1) is 0 Å². The van der Waals surface area contributed by atoms with Crippen LogP contribution in [0.4, 0.5) is 0 Å². The molecule has 1 heterocycles. The standard InChI is InChI=1S/C13H26N2O3S/c1-15(2)6-8-18-12-4-7-17-10-11(12)14-13(16)5-9-19-3/h11-12H,4-10H2,1-3H3,(H,14,16)/t11-,12+/m1/s1. The van der Waals surface area contributed by atoms with Gasteiger partial charge in [-0.25, -0.2) is 0 Å². The number of hydrogen-bond donors (Lipinski definition) is 1. The number of nitrogens with zero attached hydrogens (tertiary/aromatic N) is 1. The van der Waals surface area contributed by atoms with Crippen molar-refractivity contribution in [2.45, 2.75) is 25.0 Å². The molecule has 0 aliphatic carbocycles. The predicted octanol–water partition coefficient (Wildman–Crippen LogP) is 0.591. The van der Waals surface area contributed by atoms with Crippen LogP contribution in [0.2, 0.25) is 0 Å². The molecule has 1 fully saturated rings. The predicted molar refractivity (Wildman–Crippen MR) is 78.7 cm³/mol. The summed E-state index contributed by atoms with van der Waals surface area (Å²) in [5, 5.41) is 3.03. The number of likely N-dealkylation sites (N-methyl/N-ethyl adjacent to an activating group) is 1. The summed E-state index contributed by atoms with van der Waals surface area (Å²) in [6.45, 7) is 2.85. The van der Waals surface area contributed by atoms with Gasteiger partial charge in [-0.05, 0) is 26.8 Å². The van der Waals surface area contributed by atoms with Gasteiger partial charge in [0.05, 0.1) is 25.4 Å². The van der Waals surface area contributed by atoms with Crippen LogP contribution in [0.1, 0.15) is 12.8 Å². The van der Waals surface area contributed by atoms with Crippen molar-refractivity contribution in [1.82, 2.24) is 10.2 Å². The zero-order chi connectivity index (χ0) is 14.1. The summed E-state index contributed by atoms with van der Waals surface area (Å²) in [4.78, 5) is 13.8. The van der Waals surface area contributed by atoms with Crippen LogP contribution in [-0.4, -0.2) is 75.4 Å². The van der Waals surface area contributed by atoms with Gasteiger partial charge in [0, 0.05) is 25.3 Å². The molecule has 5 nitrogen and oxygen atoms in total. The van der Waals surface area contributed by atoms with E-state index in [0.29, 0.717) is 26.2 Å². The van der Waals surface area contributed by atoms with Crippen LogP contribution in [-0.2, 0) is 14.3 Å². The van der Waals surface area contributed by atoms with Gasteiger partial charge in [-0.1, -0.05) is 0 Å². The number of thioether (sulfide) groups is 1. The van der Waals surface area contributed by atoms with Crippen molar-refractivity contribution in [3.05, 3.63) is 0 Å². The second-order valence-electron chi connectivity index (χ2n) is 4.99. The zero-order valence-corrected chi connectivity index (χ0v) is 13.0. The van der Waals surface area contributed by atoms with Crippen LogP contribution in [0.25, 0.3) is 0 Å². The first-order valence-electron chi connectivity index (χ1n) is 6.76. The topological polar surface area (TPSA) is 50.8 Å². The van der Waals surface area contributed by atoms with E-state index in [1.54, 1.807) is 11.8 Å². The van der Waals surface area contributed by atoms with Gasteiger partial charge in [0.1, 0.15) is 0 Å². The third-order valence-electron chi connectivity index (χ3n) is 3.04. The largest absolute Gasteiger partial charge is 0.379 e. The smallest absolute Gasteiger partial charge is 0.221 e. The Morgan fingerprint density at radius 3 is 3.00 bits per heavy atom. The fourth-order valence-corrected chi connectivity index (χ4v) is 2.30. The van der Waals surface area contributed by atoms with Crippen LogP contribution in [0.5, 0.6) is 0 Å². The van der Waals surface area contributed by atoms with E-state index in [1.807, 2.05) is 20.4 Å². The second-order valence-corrected chi connectivity index (χ2v) is 5.98. The summed E-state index contributed by atoms with van der Waals surface area (Å²) >= 11 is 1.68. The molecule has 1 N–H and O–H groups in total. The van der Waals surface area contributed by atoms with E-state index in [-0.39, 0.29) is 18.1 Å². The molecule has 0 unspecified atom stereocenters. The summed E-state index contributed by atoms with van der Waals surface area (Å²) in [5.41, 5.74) is 0. The molecule has 0 bridgehead atoms. The summed E-state index contributed by atoms with van der Waals surface area (Å²) in [5.74, 6) is 0.942. The molecule has 0 aromatic heterocycles. The van der Waals surface area contributed by atoms with E-state index in [1.165, 1.54) is 0 Å². The Labute approximate surface area is 120 Å². The first-order chi connectivity index (χ1) is 9.13. The number of nitrogens with one attached hydrogen (secondary N) is 1. The third kappa shape index (κ3) is 7.15. The molecule has 1 aliphatic heterocycles. The molecule has 0 spiro atoms. The van der Waals surface area contributed by atoms with Gasteiger partial charge in [0.2, 0.25) is 5.91 Å². The Morgan fingerprint density at radius 2 is 2.32 bits per heavy atom. The van der Waals surface area contributed by atoms with Gasteiger partial charge in [-0.3, -0.25) is 4.79 Å². The molecule has 112 valence electrons. The molecule has 0 aromatic rings. The summed E-state index contributed by atoms with van der Waals surface area (Å²) in [6, 6.07) is -0.00901. The Morgan fingerprint density at radius 1 is 1.53 bits per heavy atom. The molecule has 6 heteroatoms. The lowest BCUT2D eigenvalue weighted by Crippen LogP contribution is -2.51. The van der Waals surface area contributed by atoms with Gasteiger partial charge in [0.15, 0.2) is 0 Å². The number of hydrogen-bond acceptors (Lipinski definition) is 5. The van der Waals surface area contributed by atoms with Gasteiger partial charge in [0.25, 0.3) is 0 Å². The van der Waals surface area contributed by atoms with Crippen LogP contribution in [0.15, 0.2) is 0 Å². The van der Waals surface area contributed by atoms with Gasteiger partial charge < -0.3 is 19.7 Å². The Bertz CT molecular complexity index is 264. The molecular formula is C13H26N2O3S. The van der Waals surface area contributed by atoms with E-state index >= 15 is 0 Å². The minimum Gasteiger partial charge on any atom is -0.379 e. The number of ether oxygens (including phenoxy) is 2. The Balaban J connectivity index is 2.32. The van der Waals surface area contributed by atoms with Crippen LogP contribution in [0.3, 0.4) is 0 Å². The first kappa shape index (κ1) is 16.8. The van der Waals surface area contributed by atoms with Crippen LogP contribution >= 0.6 is 11.8 Å². The summed E-state index contributed by atoms with van der Waals surface area (Å²) in [6.07, 6.45) is 3.49. The second kappa shape index (κ2) is 9.58. The monoisotopic (exact) mass is 290 g/mol. The highest BCUT2D eigenvalue weighted by molar-refractivity contribution is 7.98. The fourth-order valence-electron chi connectivity index (χ4n) is 1.91. The normalized spacial score (nSPS) is 23.6. The van der Waals surface area contributed by atoms with Crippen molar-refractivity contribution < 1.29 is 14.3 Å². The highest BCUT2D eigenvalue weighted by Gasteiger charge is 2.27. The maximum Gasteiger partial charge on any atom is 0.221 e. The molecule has 1 aliphatic rings. The van der Waals surface area contributed by atoms with Crippen molar-refractivity contribution in [1.29, 1.82) is 0 Å². The Kier molecular flexibility index (Phi) is 8.45. The third-order valence-corrected chi connectivity index (χ3v) is 3.66. The van der Waals surface area contributed by atoms with Gasteiger partial charge in [-0.2, -0.15) is 11.8 Å². The molecule has 19 heavy (non-hydrogen) atoms. The van der Waals surface area contributed by atoms with Crippen molar-refractivity contribution in [3.8, 4) is 0 Å². The molecule has 0 saturated carbocycles. The van der Waals surface area contributed by atoms with Crippen molar-refractivity contribution in [3.63, 3.8) is 0 Å². The number of amides is 1. The van der Waals surface area contributed by atoms with E-state index in [4.69, 9.17) is 9.47 Å². The number of carbonyl (C=O) groups excluding carboxylic acids is 1. The van der Waals surface area contributed by atoms with E-state index in [0.717, 1.165) is 18.7 Å². The quantitative estimate of drug-likeness (QED) is 0.709. The molecule has 1 amide bonds. The molecule has 1 rings (SSSR count). The van der Waals surface area contributed by atoms with Gasteiger partial charge in [-0.15, -0.1) is 0 Å². The molecule has 2 atom stereocenters. The molecule has 0 radical (unpaired) electrons. The average molecular weight is 290 g/mol. The lowest BCUT2D eigenvalue weighted by atomic mass is 10.1. The minimum absolute atomic E-state index is 0.00901. The highest BCUT2D eigenvalue weighted by atomic mass is 32.2. The number of carbonyl (C=O) groups is 1. The highest BCUT2D eigenvalue weighted by Crippen LogP contribution is 2.12. The SMILES string of the molecule is CSCCC(=O)N[C@@H]1COCC[C@@H]1OCCN(C)C. The zero-order valence-electron chi connectivity index (χ0n) is 12.2. The minimum atomic E-state index is -0.00901. The average Bonchev–Trinajstić information content (AvgIpc) is 2.38. The Hall–Kier alpha value is -0.300. The lowest BCUT2D eigenvalue weighted by molar-refractivity contribution is -0.125. The van der Waals surface area contributed by atoms with Gasteiger partial charge >= 0.3 is 0 Å². The molecule has 0 aromatic carbocycles. The van der Waals surface area contributed by atoms with E-state index in [2.05, 4.69) is 10.2 Å². The fraction of sp³-hybridized carbons (Fsp3) is 0.923. The van der Waals surface area contributed by atoms with Crippen molar-refractivity contribution in [2.24, 2.45) is 0 Å². The van der Waals surface area contributed by atoms with Crippen molar-refractivity contribution in [2.75, 3.05) is 52.5 Å². The maximum absolute atomic E-state index is 11.8. The number of rotatable bonds is 8. The molecular weight excluding hydrogens is 264 g/mol. The lowest BCUT2D eigenvalue weighted by Gasteiger charge is -2.32. The van der Waals surface area contributed by atoms with Crippen molar-refractivity contribution >= 4 is 17.7 Å².